The standard InChI is InChI=1S/C21H20N4O2/c26-21(19-12-18(23-24-19)16-10-11-16)25-22-13-17-8-4-5-9-20(17)27-14-15-6-2-1-3-7-15/h1-9,12-13,16H,10-11,14H2,(H,23,24)(H,25,26)/b22-13+. The van der Waals surface area contributed by atoms with Crippen molar-refractivity contribution in [1.82, 2.24) is 15.6 Å². The van der Waals surface area contributed by atoms with Gasteiger partial charge in [-0.1, -0.05) is 42.5 Å². The summed E-state index contributed by atoms with van der Waals surface area (Å²) in [4.78, 5) is 12.1. The number of carbonyl (C=O) groups excluding carboxylic acids is 1. The first-order valence-corrected chi connectivity index (χ1v) is 8.94. The predicted octanol–water partition coefficient (Wildman–Crippen LogP) is 3.63. The first-order chi connectivity index (χ1) is 13.3. The number of rotatable bonds is 7. The Balaban J connectivity index is 1.37. The zero-order chi connectivity index (χ0) is 18.5. The lowest BCUT2D eigenvalue weighted by Crippen LogP contribution is -2.18. The minimum Gasteiger partial charge on any atom is -0.488 e. The minimum atomic E-state index is -0.336. The van der Waals surface area contributed by atoms with Crippen molar-refractivity contribution in [2.75, 3.05) is 0 Å². The Kier molecular flexibility index (Phi) is 4.96. The highest BCUT2D eigenvalue weighted by Gasteiger charge is 2.26. The molecule has 3 aromatic rings. The zero-order valence-corrected chi connectivity index (χ0v) is 14.8. The molecule has 2 aromatic carbocycles. The van der Waals surface area contributed by atoms with E-state index in [-0.39, 0.29) is 5.91 Å². The van der Waals surface area contributed by atoms with E-state index in [1.165, 1.54) is 0 Å². The summed E-state index contributed by atoms with van der Waals surface area (Å²) in [5.41, 5.74) is 5.75. The van der Waals surface area contributed by atoms with Crippen LogP contribution in [-0.4, -0.2) is 22.3 Å². The maximum atomic E-state index is 12.1. The highest BCUT2D eigenvalue weighted by atomic mass is 16.5. The van der Waals surface area contributed by atoms with Crippen LogP contribution in [-0.2, 0) is 6.61 Å². The van der Waals surface area contributed by atoms with Gasteiger partial charge in [0.05, 0.1) is 6.21 Å². The van der Waals surface area contributed by atoms with E-state index in [4.69, 9.17) is 4.74 Å². The molecule has 1 aliphatic rings. The molecule has 0 unspecified atom stereocenters. The summed E-state index contributed by atoms with van der Waals surface area (Å²) < 4.78 is 5.88. The van der Waals surface area contributed by atoms with E-state index in [1.54, 1.807) is 12.3 Å². The molecule has 0 spiro atoms. The lowest BCUT2D eigenvalue weighted by molar-refractivity contribution is 0.0950. The molecule has 136 valence electrons. The largest absolute Gasteiger partial charge is 0.488 e. The quantitative estimate of drug-likeness (QED) is 0.499. The molecule has 27 heavy (non-hydrogen) atoms. The maximum Gasteiger partial charge on any atom is 0.291 e. The van der Waals surface area contributed by atoms with Crippen molar-refractivity contribution < 1.29 is 9.53 Å². The number of benzene rings is 2. The zero-order valence-electron chi connectivity index (χ0n) is 14.8. The predicted molar refractivity (Wildman–Crippen MR) is 103 cm³/mol. The van der Waals surface area contributed by atoms with Crippen molar-refractivity contribution in [3.63, 3.8) is 0 Å². The SMILES string of the molecule is O=C(N/N=C/c1ccccc1OCc1ccccc1)c1cc(C2CC2)[nH]n1. The Labute approximate surface area is 157 Å². The van der Waals surface area contributed by atoms with Gasteiger partial charge in [0, 0.05) is 17.2 Å². The van der Waals surface area contributed by atoms with E-state index in [9.17, 15) is 4.79 Å². The number of hydrazone groups is 1. The van der Waals surface area contributed by atoms with Crippen LogP contribution < -0.4 is 10.2 Å². The van der Waals surface area contributed by atoms with Crippen molar-refractivity contribution in [1.29, 1.82) is 0 Å². The van der Waals surface area contributed by atoms with Gasteiger partial charge in [-0.25, -0.2) is 5.43 Å². The fourth-order valence-corrected chi connectivity index (χ4v) is 2.73. The third kappa shape index (κ3) is 4.41. The monoisotopic (exact) mass is 360 g/mol. The highest BCUT2D eigenvalue weighted by Crippen LogP contribution is 2.38. The van der Waals surface area contributed by atoms with Gasteiger partial charge in [0.15, 0.2) is 5.69 Å². The molecule has 0 atom stereocenters. The van der Waals surface area contributed by atoms with E-state index < -0.39 is 0 Å². The van der Waals surface area contributed by atoms with Crippen LogP contribution in [0.25, 0.3) is 0 Å². The average molecular weight is 360 g/mol. The molecule has 0 saturated heterocycles. The van der Waals surface area contributed by atoms with Gasteiger partial charge < -0.3 is 4.74 Å². The van der Waals surface area contributed by atoms with Gasteiger partial charge in [-0.05, 0) is 36.6 Å². The molecule has 1 aromatic heterocycles. The van der Waals surface area contributed by atoms with Crippen molar-refractivity contribution in [3.8, 4) is 5.75 Å². The summed E-state index contributed by atoms with van der Waals surface area (Å²) in [7, 11) is 0. The molecule has 6 heteroatoms. The van der Waals surface area contributed by atoms with Crippen molar-refractivity contribution in [3.05, 3.63) is 83.2 Å². The first-order valence-electron chi connectivity index (χ1n) is 8.94. The van der Waals surface area contributed by atoms with Crippen LogP contribution >= 0.6 is 0 Å². The number of ether oxygens (including phenoxy) is 1. The van der Waals surface area contributed by atoms with Crippen molar-refractivity contribution in [2.45, 2.75) is 25.4 Å². The number of aromatic nitrogens is 2. The number of nitrogens with zero attached hydrogens (tertiary/aromatic N) is 2. The summed E-state index contributed by atoms with van der Waals surface area (Å²) in [5, 5.41) is 11.0. The number of nitrogens with one attached hydrogen (secondary N) is 2. The summed E-state index contributed by atoms with van der Waals surface area (Å²) in [6.07, 6.45) is 3.88. The fraction of sp³-hybridized carbons (Fsp3) is 0.190. The number of hydrogen-bond donors (Lipinski definition) is 2. The molecule has 4 rings (SSSR count). The molecule has 1 fully saturated rings. The van der Waals surface area contributed by atoms with E-state index >= 15 is 0 Å². The van der Waals surface area contributed by atoms with Crippen LogP contribution in [0, 0.1) is 0 Å². The normalized spacial score (nSPS) is 13.6. The lowest BCUT2D eigenvalue weighted by Gasteiger charge is -2.08. The number of aromatic amines is 1. The second-order valence-corrected chi connectivity index (χ2v) is 6.49. The Bertz CT molecular complexity index is 946. The van der Waals surface area contributed by atoms with E-state index in [2.05, 4.69) is 20.7 Å². The number of carbonyl (C=O) groups is 1. The van der Waals surface area contributed by atoms with Crippen LogP contribution in [0.2, 0.25) is 0 Å². The van der Waals surface area contributed by atoms with E-state index in [1.807, 2.05) is 54.6 Å². The molecule has 1 amide bonds. The lowest BCUT2D eigenvalue weighted by atomic mass is 10.2. The van der Waals surface area contributed by atoms with Crippen molar-refractivity contribution >= 4 is 12.1 Å². The van der Waals surface area contributed by atoms with Gasteiger partial charge in [0.25, 0.3) is 5.91 Å². The van der Waals surface area contributed by atoms with Crippen LogP contribution in [0.15, 0.2) is 65.8 Å². The molecule has 1 saturated carbocycles. The van der Waals surface area contributed by atoms with Gasteiger partial charge >= 0.3 is 0 Å². The van der Waals surface area contributed by atoms with Crippen LogP contribution in [0.3, 0.4) is 0 Å². The number of amides is 1. The molecule has 2 N–H and O–H groups in total. The highest BCUT2D eigenvalue weighted by molar-refractivity contribution is 5.93. The maximum absolute atomic E-state index is 12.1. The average Bonchev–Trinajstić information content (AvgIpc) is 3.44. The summed E-state index contributed by atoms with van der Waals surface area (Å²) in [6, 6.07) is 19.3. The molecule has 1 heterocycles. The smallest absolute Gasteiger partial charge is 0.291 e. The van der Waals surface area contributed by atoms with Crippen LogP contribution in [0.5, 0.6) is 5.75 Å². The minimum absolute atomic E-state index is 0.336. The molecular weight excluding hydrogens is 340 g/mol. The summed E-state index contributed by atoms with van der Waals surface area (Å²) in [6.45, 7) is 0.468. The molecule has 1 aliphatic carbocycles. The molecule has 6 nitrogen and oxygen atoms in total. The molecule has 0 bridgehead atoms. The van der Waals surface area contributed by atoms with E-state index in [0.717, 1.165) is 29.7 Å². The third-order valence-electron chi connectivity index (χ3n) is 4.37. The second kappa shape index (κ2) is 7.86. The number of H-pyrrole nitrogens is 1. The fourth-order valence-electron chi connectivity index (χ4n) is 2.73. The molecule has 0 aliphatic heterocycles. The molecule has 0 radical (unpaired) electrons. The van der Waals surface area contributed by atoms with Gasteiger partial charge in [-0.2, -0.15) is 10.2 Å². The van der Waals surface area contributed by atoms with Crippen molar-refractivity contribution in [2.24, 2.45) is 5.10 Å². The Morgan fingerprint density at radius 2 is 1.96 bits per heavy atom. The second-order valence-electron chi connectivity index (χ2n) is 6.49. The number of para-hydroxylation sites is 1. The summed E-state index contributed by atoms with van der Waals surface area (Å²) >= 11 is 0. The Morgan fingerprint density at radius 3 is 2.78 bits per heavy atom. The van der Waals surface area contributed by atoms with Gasteiger partial charge in [0.1, 0.15) is 12.4 Å². The van der Waals surface area contributed by atoms with E-state index in [0.29, 0.717) is 24.0 Å². The molecular formula is C21H20N4O2. The Hall–Kier alpha value is -3.41. The van der Waals surface area contributed by atoms with Gasteiger partial charge in [-0.15, -0.1) is 0 Å². The Morgan fingerprint density at radius 1 is 1.19 bits per heavy atom. The summed E-state index contributed by atoms with van der Waals surface area (Å²) in [5.74, 6) is 0.892. The van der Waals surface area contributed by atoms with Crippen LogP contribution in [0.4, 0.5) is 0 Å². The van der Waals surface area contributed by atoms with Gasteiger partial charge in [0.2, 0.25) is 0 Å². The van der Waals surface area contributed by atoms with Gasteiger partial charge in [-0.3, -0.25) is 9.89 Å². The topological polar surface area (TPSA) is 79.4 Å². The van der Waals surface area contributed by atoms with Crippen LogP contribution in [0.1, 0.15) is 46.1 Å². The third-order valence-corrected chi connectivity index (χ3v) is 4.37. The number of hydrogen-bond acceptors (Lipinski definition) is 4. The first kappa shape index (κ1) is 17.0.